The summed E-state index contributed by atoms with van der Waals surface area (Å²) in [5.41, 5.74) is 3.25. The highest BCUT2D eigenvalue weighted by molar-refractivity contribution is 5.98. The highest BCUT2D eigenvalue weighted by Gasteiger charge is 2.57. The van der Waals surface area contributed by atoms with Crippen LogP contribution in [0.15, 0.2) is 60.7 Å². The van der Waals surface area contributed by atoms with Gasteiger partial charge in [-0.25, -0.2) is 4.79 Å². The number of fused-ring (bicyclic) bond motifs is 1. The lowest BCUT2D eigenvalue weighted by Crippen LogP contribution is -2.54. The van der Waals surface area contributed by atoms with Gasteiger partial charge < -0.3 is 20.3 Å². The Balaban J connectivity index is 1.12. The molecule has 1 saturated heterocycles. The quantitative estimate of drug-likeness (QED) is 0.403. The minimum absolute atomic E-state index is 0.000399. The number of hydrogen-bond donors (Lipinski definition) is 2. The number of carbonyl (C=O) groups is 3. The van der Waals surface area contributed by atoms with E-state index < -0.39 is 11.7 Å². The summed E-state index contributed by atoms with van der Waals surface area (Å²) in [4.78, 5) is 40.1. The molecule has 0 radical (unpaired) electrons. The van der Waals surface area contributed by atoms with Crippen LogP contribution in [-0.2, 0) is 16.1 Å². The first kappa shape index (κ1) is 27.9. The largest absolute Gasteiger partial charge is 0.444 e. The van der Waals surface area contributed by atoms with Crippen LogP contribution in [0.25, 0.3) is 0 Å². The molecule has 2 aromatic carbocycles. The van der Waals surface area contributed by atoms with Gasteiger partial charge in [-0.15, -0.1) is 0 Å². The maximum Gasteiger partial charge on any atom is 0.407 e. The molecule has 2 fully saturated rings. The highest BCUT2D eigenvalue weighted by Crippen LogP contribution is 2.61. The summed E-state index contributed by atoms with van der Waals surface area (Å²) >= 11 is 0. The van der Waals surface area contributed by atoms with Gasteiger partial charge in [0, 0.05) is 36.8 Å². The Morgan fingerprint density at radius 1 is 1.05 bits per heavy atom. The molecule has 5 rings (SSSR count). The zero-order valence-electron chi connectivity index (χ0n) is 24.0. The van der Waals surface area contributed by atoms with Gasteiger partial charge in [-0.05, 0) is 93.0 Å². The Morgan fingerprint density at radius 2 is 1.80 bits per heavy atom. The van der Waals surface area contributed by atoms with Crippen molar-refractivity contribution in [2.24, 2.45) is 17.3 Å². The smallest absolute Gasteiger partial charge is 0.407 e. The lowest BCUT2D eigenvalue weighted by Gasteiger charge is -2.57. The summed E-state index contributed by atoms with van der Waals surface area (Å²) in [5, 5.41) is 5.88. The number of carbonyl (C=O) groups excluding carboxylic acids is 3. The third-order valence-corrected chi connectivity index (χ3v) is 8.75. The summed E-state index contributed by atoms with van der Waals surface area (Å²) in [6, 6.07) is 15.6. The molecule has 0 aromatic heterocycles. The molecule has 0 bridgehead atoms. The van der Waals surface area contributed by atoms with Gasteiger partial charge in [0.15, 0.2) is 0 Å². The maximum absolute atomic E-state index is 13.3. The molecule has 1 aliphatic heterocycles. The van der Waals surface area contributed by atoms with Gasteiger partial charge in [-0.3, -0.25) is 9.59 Å². The molecule has 2 N–H and O–H groups in total. The van der Waals surface area contributed by atoms with Gasteiger partial charge in [0.2, 0.25) is 5.91 Å². The van der Waals surface area contributed by atoms with Crippen molar-refractivity contribution in [2.45, 2.75) is 71.4 Å². The number of piperidine rings is 1. The second-order valence-corrected chi connectivity index (χ2v) is 12.5. The fraction of sp³-hybridized carbons (Fsp3) is 0.485. The van der Waals surface area contributed by atoms with E-state index in [1.807, 2.05) is 56.0 Å². The van der Waals surface area contributed by atoms with Crippen molar-refractivity contribution in [3.8, 4) is 0 Å². The van der Waals surface area contributed by atoms with Gasteiger partial charge in [0.05, 0.1) is 0 Å². The van der Waals surface area contributed by atoms with E-state index in [-0.39, 0.29) is 23.1 Å². The number of anilines is 1. The van der Waals surface area contributed by atoms with Crippen LogP contribution in [-0.4, -0.2) is 41.5 Å². The van der Waals surface area contributed by atoms with E-state index in [1.165, 1.54) is 5.56 Å². The number of likely N-dealkylation sites (tertiary alicyclic amines) is 1. The van der Waals surface area contributed by atoms with Crippen molar-refractivity contribution < 1.29 is 19.1 Å². The number of hydrogen-bond acceptors (Lipinski definition) is 4. The molecule has 7 nitrogen and oxygen atoms in total. The van der Waals surface area contributed by atoms with E-state index in [2.05, 4.69) is 41.8 Å². The third kappa shape index (κ3) is 5.93. The maximum atomic E-state index is 13.3. The topological polar surface area (TPSA) is 87.7 Å². The van der Waals surface area contributed by atoms with Gasteiger partial charge in [0.25, 0.3) is 5.91 Å². The average molecular weight is 544 g/mol. The number of benzene rings is 2. The first-order valence-electron chi connectivity index (χ1n) is 14.5. The number of alkyl carbamates (subject to hydrolysis) is 1. The minimum Gasteiger partial charge on any atom is -0.444 e. The number of nitrogens with one attached hydrogen (secondary N) is 2. The number of allylic oxidation sites excluding steroid dienone is 2. The molecule has 3 amide bonds. The molecule has 0 spiro atoms. The zero-order chi connectivity index (χ0) is 28.5. The summed E-state index contributed by atoms with van der Waals surface area (Å²) in [5.74, 6) is 0.780. The third-order valence-electron chi connectivity index (χ3n) is 8.75. The van der Waals surface area contributed by atoms with Crippen LogP contribution >= 0.6 is 0 Å². The van der Waals surface area contributed by atoms with Crippen molar-refractivity contribution in [3.63, 3.8) is 0 Å². The van der Waals surface area contributed by atoms with Gasteiger partial charge in [-0.2, -0.15) is 0 Å². The summed E-state index contributed by atoms with van der Waals surface area (Å²) < 4.78 is 5.33. The lowest BCUT2D eigenvalue weighted by atomic mass is 9.46. The molecule has 2 aromatic rings. The molecular formula is C33H41N3O4. The van der Waals surface area contributed by atoms with Crippen molar-refractivity contribution in [2.75, 3.05) is 18.4 Å². The number of rotatable bonds is 7. The van der Waals surface area contributed by atoms with Crippen LogP contribution in [0.1, 0.15) is 80.8 Å². The molecule has 3 unspecified atom stereocenters. The second-order valence-electron chi connectivity index (χ2n) is 12.5. The van der Waals surface area contributed by atoms with E-state index in [4.69, 9.17) is 4.74 Å². The lowest BCUT2D eigenvalue weighted by molar-refractivity contribution is -0.131. The minimum atomic E-state index is -0.529. The number of ether oxygens (including phenoxy) is 1. The molecule has 7 heteroatoms. The molecule has 1 saturated carbocycles. The zero-order valence-corrected chi connectivity index (χ0v) is 24.0. The van der Waals surface area contributed by atoms with E-state index in [0.29, 0.717) is 42.7 Å². The normalized spacial score (nSPS) is 23.9. The Bertz CT molecular complexity index is 1300. The summed E-state index contributed by atoms with van der Waals surface area (Å²) in [6.45, 7) is 9.48. The van der Waals surface area contributed by atoms with Crippen LogP contribution in [0.2, 0.25) is 0 Å². The van der Waals surface area contributed by atoms with Gasteiger partial charge >= 0.3 is 6.09 Å². The van der Waals surface area contributed by atoms with Gasteiger partial charge in [-0.1, -0.05) is 49.4 Å². The summed E-state index contributed by atoms with van der Waals surface area (Å²) in [7, 11) is 0. The molecule has 2 aliphatic carbocycles. The molecule has 3 atom stereocenters. The fourth-order valence-electron chi connectivity index (χ4n) is 6.36. The van der Waals surface area contributed by atoms with Crippen LogP contribution in [0.3, 0.4) is 0 Å². The van der Waals surface area contributed by atoms with Crippen molar-refractivity contribution in [3.05, 3.63) is 77.4 Å². The Labute approximate surface area is 237 Å². The Morgan fingerprint density at radius 3 is 2.45 bits per heavy atom. The second kappa shape index (κ2) is 11.1. The van der Waals surface area contributed by atoms with Crippen molar-refractivity contribution in [1.82, 2.24) is 10.2 Å². The first-order valence-corrected chi connectivity index (χ1v) is 14.5. The summed E-state index contributed by atoms with van der Waals surface area (Å²) in [6.07, 6.45) is 7.73. The predicted molar refractivity (Wildman–Crippen MR) is 156 cm³/mol. The molecule has 40 heavy (non-hydrogen) atoms. The molecule has 1 heterocycles. The van der Waals surface area contributed by atoms with E-state index in [9.17, 15) is 14.4 Å². The molecule has 212 valence electrons. The van der Waals surface area contributed by atoms with Gasteiger partial charge in [0.1, 0.15) is 5.60 Å². The van der Waals surface area contributed by atoms with E-state index >= 15 is 0 Å². The first-order chi connectivity index (χ1) is 19.1. The average Bonchev–Trinajstić information content (AvgIpc) is 2.92. The Kier molecular flexibility index (Phi) is 7.76. The molecular weight excluding hydrogens is 502 g/mol. The van der Waals surface area contributed by atoms with E-state index in [0.717, 1.165) is 31.2 Å². The fourth-order valence-corrected chi connectivity index (χ4v) is 6.36. The van der Waals surface area contributed by atoms with Crippen LogP contribution in [0.5, 0.6) is 0 Å². The van der Waals surface area contributed by atoms with Crippen LogP contribution < -0.4 is 10.6 Å². The van der Waals surface area contributed by atoms with Crippen molar-refractivity contribution in [1.29, 1.82) is 0 Å². The van der Waals surface area contributed by atoms with Crippen molar-refractivity contribution >= 4 is 23.6 Å². The number of nitrogens with zero attached hydrogens (tertiary/aromatic N) is 1. The highest BCUT2D eigenvalue weighted by atomic mass is 16.6. The standard InChI is InChI=1S/C33H41N3O4/c1-5-33-15-12-28(33)27(20-33)29(37)35-26-11-7-10-25(19-26)30(38)36-16-13-23(14-17-36)24-9-6-8-22(18-24)21-34-31(39)40-32(2,3)4/h6-12,15,18-19,23,27-28H,5,13-14,16-17,20-21H2,1-4H3,(H,34,39)(H,35,37). The monoisotopic (exact) mass is 543 g/mol. The van der Waals surface area contributed by atoms with Crippen LogP contribution in [0.4, 0.5) is 10.5 Å². The SMILES string of the molecule is CCC12C=CC1C(C(=O)Nc1cccc(C(=O)N3CCC(c4cccc(CNC(=O)OC(C)(C)C)c4)CC3)c1)C2. The molecule has 3 aliphatic rings. The Hall–Kier alpha value is -3.61. The number of amides is 3. The van der Waals surface area contributed by atoms with E-state index in [1.54, 1.807) is 6.07 Å². The van der Waals surface area contributed by atoms with Crippen LogP contribution in [0, 0.1) is 17.3 Å². The predicted octanol–water partition coefficient (Wildman–Crippen LogP) is 6.27.